The molecule has 0 amide bonds. The highest BCUT2D eigenvalue weighted by atomic mass is 35.5. The molecule has 4 nitrogen and oxygen atoms in total. The van der Waals surface area contributed by atoms with E-state index in [0.29, 0.717) is 16.7 Å². The van der Waals surface area contributed by atoms with Gasteiger partial charge in [-0.25, -0.2) is 9.97 Å². The Kier molecular flexibility index (Phi) is 2.58. The molecule has 0 atom stereocenters. The third-order valence-electron chi connectivity index (χ3n) is 3.83. The summed E-state index contributed by atoms with van der Waals surface area (Å²) in [5.41, 5.74) is 0.748. The van der Waals surface area contributed by atoms with Crippen LogP contribution in [0.1, 0.15) is 0 Å². The van der Waals surface area contributed by atoms with Gasteiger partial charge in [-0.15, -0.1) is 0 Å². The summed E-state index contributed by atoms with van der Waals surface area (Å²) in [7, 11) is 8.02. The van der Waals surface area contributed by atoms with Crippen molar-refractivity contribution in [2.45, 2.75) is 10.8 Å². The fourth-order valence-electron chi connectivity index (χ4n) is 1.99. The monoisotopic (exact) mass is 270 g/mol. The zero-order valence-corrected chi connectivity index (χ0v) is 12.1. The summed E-state index contributed by atoms with van der Waals surface area (Å²) in [6.45, 7) is 0. The number of nitrogens with zero attached hydrogens (tertiary/aromatic N) is 2. The summed E-state index contributed by atoms with van der Waals surface area (Å²) in [5.74, 6) is 1.36. The normalized spacial score (nSPS) is 19.2. The van der Waals surface area contributed by atoms with Crippen LogP contribution >= 0.6 is 11.6 Å². The molecule has 0 saturated carbocycles. The molecule has 1 aromatic heterocycles. The topological polar surface area (TPSA) is 44.2 Å². The summed E-state index contributed by atoms with van der Waals surface area (Å²) in [6, 6.07) is 3.68. The number of ether oxygens (including phenoxy) is 2. The molecule has 2 heterocycles. The summed E-state index contributed by atoms with van der Waals surface area (Å²) >= 11 is 6.08. The molecule has 92 valence electrons. The van der Waals surface area contributed by atoms with Gasteiger partial charge < -0.3 is 9.47 Å². The Hall–Kier alpha value is -1.29. The number of hydrogen-bond donors (Lipinski definition) is 0. The van der Waals surface area contributed by atoms with Gasteiger partial charge in [0.05, 0.1) is 16.3 Å². The molecule has 19 heavy (non-hydrogen) atoms. The first-order chi connectivity index (χ1) is 8.80. The zero-order valence-electron chi connectivity index (χ0n) is 11.3. The van der Waals surface area contributed by atoms with Crippen molar-refractivity contribution in [3.8, 4) is 11.5 Å². The average molecular weight is 270 g/mol. The minimum Gasteiger partial charge on any atom is -0.499 e. The van der Waals surface area contributed by atoms with E-state index in [1.165, 1.54) is 6.33 Å². The van der Waals surface area contributed by atoms with Crippen LogP contribution in [0, 0.1) is 0 Å². The van der Waals surface area contributed by atoms with Gasteiger partial charge in [0.2, 0.25) is 0 Å². The zero-order chi connectivity index (χ0) is 13.8. The average Bonchev–Trinajstić information content (AvgIpc) is 2.29. The van der Waals surface area contributed by atoms with Crippen molar-refractivity contribution in [3.63, 3.8) is 0 Å². The van der Waals surface area contributed by atoms with E-state index in [-0.39, 0.29) is 0 Å². The van der Waals surface area contributed by atoms with Crippen molar-refractivity contribution in [1.29, 1.82) is 0 Å². The minimum absolute atomic E-state index is 0.416. The Morgan fingerprint density at radius 3 is 2.16 bits per heavy atom. The van der Waals surface area contributed by atoms with E-state index >= 15 is 0 Å². The van der Waals surface area contributed by atoms with E-state index in [2.05, 4.69) is 9.97 Å². The first kappa shape index (κ1) is 12.7. The van der Waals surface area contributed by atoms with E-state index in [0.717, 1.165) is 10.9 Å². The Morgan fingerprint density at radius 1 is 0.947 bits per heavy atom. The fourth-order valence-corrected chi connectivity index (χ4v) is 2.18. The molecule has 0 N–H and O–H groups in total. The van der Waals surface area contributed by atoms with Crippen molar-refractivity contribution in [1.82, 2.24) is 9.97 Å². The van der Waals surface area contributed by atoms with E-state index in [1.54, 1.807) is 0 Å². The van der Waals surface area contributed by atoms with Crippen molar-refractivity contribution < 1.29 is 9.47 Å². The van der Waals surface area contributed by atoms with Crippen LogP contribution in [0.4, 0.5) is 0 Å². The summed E-state index contributed by atoms with van der Waals surface area (Å²) in [5, 5.41) is 0.321. The molecule has 0 unspecified atom stereocenters. The highest BCUT2D eigenvalue weighted by Crippen LogP contribution is 2.41. The van der Waals surface area contributed by atoms with Crippen LogP contribution in [-0.2, 0) is 0 Å². The van der Waals surface area contributed by atoms with Gasteiger partial charge in [0.15, 0.2) is 11.5 Å². The minimum atomic E-state index is -0.435. The van der Waals surface area contributed by atoms with Gasteiger partial charge in [0.1, 0.15) is 42.9 Å². The number of aromatic nitrogens is 2. The lowest BCUT2D eigenvalue weighted by molar-refractivity contribution is 0.0621. The second-order valence-electron chi connectivity index (χ2n) is 5.71. The van der Waals surface area contributed by atoms with Crippen LogP contribution in [0.25, 0.3) is 10.9 Å². The van der Waals surface area contributed by atoms with E-state index < -0.39 is 10.8 Å². The lowest BCUT2D eigenvalue weighted by atomic mass is 9.41. The van der Waals surface area contributed by atoms with Crippen LogP contribution in [0.15, 0.2) is 18.5 Å². The van der Waals surface area contributed by atoms with Crippen LogP contribution in [-0.4, -0.2) is 52.2 Å². The Bertz CT molecular complexity index is 680. The standard InChI is InChI=1S/C10H11B4ClN2O2/c11-9(12)10(13,14)19-7-2-5-4(1-6(7)18-9)8(15)17-3-16-5/h1-3H,11-14H2. The molecule has 0 fully saturated rings. The third kappa shape index (κ3) is 1.89. The fraction of sp³-hybridized carbons (Fsp3) is 0.200. The SMILES string of the molecule is BC1(B)Oc2cc3ncnc(Cl)c3cc2OC1(B)B. The molecule has 9 heteroatoms. The molecule has 0 radical (unpaired) electrons. The largest absolute Gasteiger partial charge is 0.499 e. The smallest absolute Gasteiger partial charge is 0.161 e. The summed E-state index contributed by atoms with van der Waals surface area (Å²) < 4.78 is 12.1. The Morgan fingerprint density at radius 2 is 1.53 bits per heavy atom. The molecule has 1 aliphatic rings. The van der Waals surface area contributed by atoms with Gasteiger partial charge in [0, 0.05) is 11.5 Å². The molecule has 3 rings (SSSR count). The number of fused-ring (bicyclic) bond motifs is 2. The highest BCUT2D eigenvalue weighted by Gasteiger charge is 2.44. The van der Waals surface area contributed by atoms with Crippen LogP contribution < -0.4 is 9.47 Å². The second-order valence-corrected chi connectivity index (χ2v) is 6.06. The van der Waals surface area contributed by atoms with Crippen molar-refractivity contribution in [2.24, 2.45) is 0 Å². The number of rotatable bonds is 0. The highest BCUT2D eigenvalue weighted by molar-refractivity contribution is 6.53. The van der Waals surface area contributed by atoms with Crippen LogP contribution in [0.2, 0.25) is 5.15 Å². The maximum absolute atomic E-state index is 6.08. The van der Waals surface area contributed by atoms with Gasteiger partial charge in [-0.05, 0) is 6.07 Å². The van der Waals surface area contributed by atoms with Crippen molar-refractivity contribution >= 4 is 53.9 Å². The van der Waals surface area contributed by atoms with Crippen molar-refractivity contribution in [2.75, 3.05) is 0 Å². The maximum Gasteiger partial charge on any atom is 0.161 e. The summed E-state index contributed by atoms with van der Waals surface area (Å²) in [4.78, 5) is 8.18. The lowest BCUT2D eigenvalue weighted by Crippen LogP contribution is -2.65. The Labute approximate surface area is 119 Å². The third-order valence-corrected chi connectivity index (χ3v) is 4.13. The van der Waals surface area contributed by atoms with Gasteiger partial charge in [-0.2, -0.15) is 0 Å². The Balaban J connectivity index is 2.22. The van der Waals surface area contributed by atoms with Gasteiger partial charge in [-0.1, -0.05) is 11.6 Å². The molecule has 0 spiro atoms. The molecule has 1 aliphatic heterocycles. The van der Waals surface area contributed by atoms with E-state index in [1.807, 2.05) is 43.5 Å². The molecule has 0 saturated heterocycles. The number of halogens is 1. The molecule has 0 aliphatic carbocycles. The molecule has 2 aromatic rings. The molecule has 0 bridgehead atoms. The quantitative estimate of drug-likeness (QED) is 0.406. The lowest BCUT2D eigenvalue weighted by Gasteiger charge is -2.47. The van der Waals surface area contributed by atoms with Crippen LogP contribution in [0.3, 0.4) is 0 Å². The predicted octanol–water partition coefficient (Wildman–Crippen LogP) is -2.11. The first-order valence-electron chi connectivity index (χ1n) is 6.12. The summed E-state index contributed by atoms with van der Waals surface area (Å²) in [6.07, 6.45) is 1.44. The van der Waals surface area contributed by atoms with Gasteiger partial charge in [0.25, 0.3) is 0 Å². The molecular formula is C10H11B4ClN2O2. The molecule has 1 aromatic carbocycles. The van der Waals surface area contributed by atoms with Crippen molar-refractivity contribution in [3.05, 3.63) is 23.6 Å². The van der Waals surface area contributed by atoms with Crippen LogP contribution in [0.5, 0.6) is 11.5 Å². The number of hydrogen-bond acceptors (Lipinski definition) is 4. The predicted molar refractivity (Wildman–Crippen MR) is 85.4 cm³/mol. The van der Waals surface area contributed by atoms with Gasteiger partial charge >= 0.3 is 0 Å². The molecular weight excluding hydrogens is 259 g/mol. The van der Waals surface area contributed by atoms with Gasteiger partial charge in [-0.3, -0.25) is 0 Å². The number of benzene rings is 1. The van der Waals surface area contributed by atoms with E-state index in [4.69, 9.17) is 21.1 Å². The maximum atomic E-state index is 6.08. The second kappa shape index (κ2) is 3.85. The first-order valence-corrected chi connectivity index (χ1v) is 6.50. The van der Waals surface area contributed by atoms with E-state index in [9.17, 15) is 0 Å².